The molecule has 2 N–H and O–H groups in total. The molecule has 8 nitrogen and oxygen atoms in total. The highest BCUT2D eigenvalue weighted by molar-refractivity contribution is 7.99. The second-order valence-electron chi connectivity index (χ2n) is 6.74. The molecule has 2 amide bonds. The highest BCUT2D eigenvalue weighted by atomic mass is 32.2. The summed E-state index contributed by atoms with van der Waals surface area (Å²) in [5.74, 6) is -0.144. The number of nitrogens with one attached hydrogen (secondary N) is 2. The van der Waals surface area contributed by atoms with Crippen molar-refractivity contribution in [3.63, 3.8) is 0 Å². The highest BCUT2D eigenvalue weighted by Gasteiger charge is 2.23. The summed E-state index contributed by atoms with van der Waals surface area (Å²) in [7, 11) is 0. The average molecular weight is 419 g/mol. The Morgan fingerprint density at radius 1 is 0.893 bits per heavy atom. The summed E-state index contributed by atoms with van der Waals surface area (Å²) in [6.45, 7) is 3.86. The third kappa shape index (κ3) is 13.0. The fourth-order valence-corrected chi connectivity index (χ4v) is 3.51. The van der Waals surface area contributed by atoms with E-state index in [-0.39, 0.29) is 36.7 Å². The molecular weight excluding hydrogens is 384 g/mol. The molecule has 162 valence electrons. The van der Waals surface area contributed by atoms with E-state index in [2.05, 4.69) is 16.9 Å². The van der Waals surface area contributed by atoms with Gasteiger partial charge in [0, 0.05) is 31.2 Å². The topological polar surface area (TPSA) is 103 Å². The number of hydrogen-bond acceptors (Lipinski definition) is 7. The maximum atomic E-state index is 11.7. The van der Waals surface area contributed by atoms with Crippen molar-refractivity contribution in [1.82, 2.24) is 10.6 Å². The number of ketones is 1. The van der Waals surface area contributed by atoms with Crippen molar-refractivity contribution in [1.29, 1.82) is 0 Å². The van der Waals surface area contributed by atoms with E-state index in [9.17, 15) is 14.4 Å². The standard InChI is InChI=1S/C19H34N2O6S/c1-15(22)3-8-18(23)20-9-11-25-13-14-26-12-10-21-19(24)27-16-4-6-17(28-2)7-5-16/h16-17H,3-14H2,1-2H3,(H,20,23)(H,21,24). The van der Waals surface area contributed by atoms with Crippen molar-refractivity contribution in [2.75, 3.05) is 45.8 Å². The normalized spacial score (nSPS) is 19.1. The second kappa shape index (κ2) is 15.6. The lowest BCUT2D eigenvalue weighted by Gasteiger charge is -2.27. The Morgan fingerprint density at radius 2 is 1.50 bits per heavy atom. The third-order valence-corrected chi connectivity index (χ3v) is 5.53. The molecule has 0 spiro atoms. The number of ether oxygens (including phenoxy) is 3. The van der Waals surface area contributed by atoms with Crippen molar-refractivity contribution >= 4 is 29.5 Å². The minimum atomic E-state index is -0.382. The summed E-state index contributed by atoms with van der Waals surface area (Å²) < 4.78 is 16.1. The Bertz CT molecular complexity index is 469. The van der Waals surface area contributed by atoms with Gasteiger partial charge in [-0.3, -0.25) is 4.79 Å². The lowest BCUT2D eigenvalue weighted by molar-refractivity contribution is -0.124. The maximum absolute atomic E-state index is 11.7. The van der Waals surface area contributed by atoms with E-state index in [0.29, 0.717) is 44.8 Å². The largest absolute Gasteiger partial charge is 0.446 e. The quantitative estimate of drug-likeness (QED) is 0.415. The van der Waals surface area contributed by atoms with E-state index >= 15 is 0 Å². The van der Waals surface area contributed by atoms with E-state index in [1.54, 1.807) is 0 Å². The molecule has 0 bridgehead atoms. The van der Waals surface area contributed by atoms with Gasteiger partial charge < -0.3 is 29.6 Å². The van der Waals surface area contributed by atoms with Crippen LogP contribution in [0.5, 0.6) is 0 Å². The van der Waals surface area contributed by atoms with E-state index < -0.39 is 0 Å². The summed E-state index contributed by atoms with van der Waals surface area (Å²) in [6.07, 6.45) is 6.32. The molecule has 0 unspecified atom stereocenters. The highest BCUT2D eigenvalue weighted by Crippen LogP contribution is 2.28. The lowest BCUT2D eigenvalue weighted by Crippen LogP contribution is -2.33. The van der Waals surface area contributed by atoms with Gasteiger partial charge in [0.2, 0.25) is 5.91 Å². The van der Waals surface area contributed by atoms with Crippen LogP contribution in [0.3, 0.4) is 0 Å². The molecule has 0 aliphatic heterocycles. The molecule has 0 atom stereocenters. The van der Waals surface area contributed by atoms with Crippen LogP contribution in [0.15, 0.2) is 0 Å². The molecular formula is C19H34N2O6S. The van der Waals surface area contributed by atoms with Gasteiger partial charge in [0.1, 0.15) is 11.9 Å². The Morgan fingerprint density at radius 3 is 2.07 bits per heavy atom. The van der Waals surface area contributed by atoms with Crippen LogP contribution >= 0.6 is 11.8 Å². The average Bonchev–Trinajstić information content (AvgIpc) is 2.68. The van der Waals surface area contributed by atoms with Crippen molar-refractivity contribution in [2.45, 2.75) is 56.8 Å². The molecule has 0 radical (unpaired) electrons. The number of carbonyl (C=O) groups excluding carboxylic acids is 3. The number of thioether (sulfide) groups is 1. The van der Waals surface area contributed by atoms with E-state index in [1.807, 2.05) is 11.8 Å². The number of amides is 2. The summed E-state index contributed by atoms with van der Waals surface area (Å²) >= 11 is 1.89. The van der Waals surface area contributed by atoms with Crippen LogP contribution in [-0.2, 0) is 23.8 Å². The van der Waals surface area contributed by atoms with Gasteiger partial charge in [0.25, 0.3) is 0 Å². The lowest BCUT2D eigenvalue weighted by atomic mass is 9.97. The van der Waals surface area contributed by atoms with Gasteiger partial charge >= 0.3 is 6.09 Å². The minimum Gasteiger partial charge on any atom is -0.446 e. The molecule has 1 aliphatic carbocycles. The fourth-order valence-electron chi connectivity index (χ4n) is 2.77. The smallest absolute Gasteiger partial charge is 0.407 e. The number of carbonyl (C=O) groups is 3. The van der Waals surface area contributed by atoms with Gasteiger partial charge in [-0.1, -0.05) is 0 Å². The van der Waals surface area contributed by atoms with Crippen molar-refractivity contribution in [3.05, 3.63) is 0 Å². The van der Waals surface area contributed by atoms with Gasteiger partial charge in [0.15, 0.2) is 0 Å². The third-order valence-electron chi connectivity index (χ3n) is 4.39. The Kier molecular flexibility index (Phi) is 13.8. The van der Waals surface area contributed by atoms with E-state index in [1.165, 1.54) is 6.92 Å². The van der Waals surface area contributed by atoms with Gasteiger partial charge in [-0.15, -0.1) is 0 Å². The predicted molar refractivity (Wildman–Crippen MR) is 109 cm³/mol. The summed E-state index contributed by atoms with van der Waals surface area (Å²) in [4.78, 5) is 33.9. The second-order valence-corrected chi connectivity index (χ2v) is 7.88. The van der Waals surface area contributed by atoms with Crippen LogP contribution in [0.2, 0.25) is 0 Å². The zero-order valence-corrected chi connectivity index (χ0v) is 17.8. The molecule has 0 saturated heterocycles. The van der Waals surface area contributed by atoms with Crippen molar-refractivity contribution in [3.8, 4) is 0 Å². The summed E-state index contributed by atoms with van der Waals surface area (Å²) in [5, 5.41) is 6.07. The zero-order valence-electron chi connectivity index (χ0n) is 17.0. The molecule has 28 heavy (non-hydrogen) atoms. The first-order valence-corrected chi connectivity index (χ1v) is 11.2. The number of rotatable bonds is 14. The van der Waals surface area contributed by atoms with Crippen LogP contribution < -0.4 is 10.6 Å². The van der Waals surface area contributed by atoms with Crippen LogP contribution in [0.25, 0.3) is 0 Å². The zero-order chi connectivity index (χ0) is 20.6. The van der Waals surface area contributed by atoms with Crippen molar-refractivity contribution in [2.24, 2.45) is 0 Å². The van der Waals surface area contributed by atoms with Gasteiger partial charge in [0.05, 0.1) is 26.4 Å². The molecule has 0 aromatic rings. The molecule has 0 aromatic heterocycles. The van der Waals surface area contributed by atoms with Crippen LogP contribution in [0.1, 0.15) is 45.4 Å². The number of Topliss-reactive ketones (excluding diaryl/α,β-unsaturated/α-hetero) is 1. The van der Waals surface area contributed by atoms with Crippen molar-refractivity contribution < 1.29 is 28.6 Å². The van der Waals surface area contributed by atoms with Gasteiger partial charge in [-0.05, 0) is 38.9 Å². The molecule has 1 aliphatic rings. The minimum absolute atomic E-state index is 0.00425. The Balaban J connectivity index is 1.85. The SMILES string of the molecule is CSC1CCC(OC(=O)NCCOCCOCCNC(=O)CCC(C)=O)CC1. The maximum Gasteiger partial charge on any atom is 0.407 e. The first kappa shape index (κ1) is 24.7. The number of alkyl carbamates (subject to hydrolysis) is 1. The Labute approximate surface area is 171 Å². The summed E-state index contributed by atoms with van der Waals surface area (Å²) in [5.41, 5.74) is 0. The van der Waals surface area contributed by atoms with Crippen LogP contribution in [0, 0.1) is 0 Å². The van der Waals surface area contributed by atoms with Crippen LogP contribution in [-0.4, -0.2) is 74.9 Å². The molecule has 9 heteroatoms. The molecule has 0 heterocycles. The van der Waals surface area contributed by atoms with E-state index in [0.717, 1.165) is 25.7 Å². The summed E-state index contributed by atoms with van der Waals surface area (Å²) in [6, 6.07) is 0. The molecule has 1 saturated carbocycles. The first-order chi connectivity index (χ1) is 13.5. The van der Waals surface area contributed by atoms with Crippen LogP contribution in [0.4, 0.5) is 4.79 Å². The first-order valence-electron chi connectivity index (χ1n) is 9.90. The fraction of sp³-hybridized carbons (Fsp3) is 0.842. The van der Waals surface area contributed by atoms with Gasteiger partial charge in [-0.2, -0.15) is 11.8 Å². The number of hydrogen-bond donors (Lipinski definition) is 2. The van der Waals surface area contributed by atoms with Gasteiger partial charge in [-0.25, -0.2) is 4.79 Å². The molecule has 1 rings (SSSR count). The molecule has 1 fully saturated rings. The predicted octanol–water partition coefficient (Wildman–Crippen LogP) is 1.91. The van der Waals surface area contributed by atoms with E-state index in [4.69, 9.17) is 14.2 Å². The molecule has 0 aromatic carbocycles. The Hall–Kier alpha value is -1.32. The monoisotopic (exact) mass is 418 g/mol.